The van der Waals surface area contributed by atoms with Crippen LogP contribution < -0.4 is 0 Å². The van der Waals surface area contributed by atoms with Crippen molar-refractivity contribution in [3.8, 4) is 0 Å². The van der Waals surface area contributed by atoms with E-state index in [0.29, 0.717) is 12.5 Å². The molecule has 4 atom stereocenters. The minimum absolute atomic E-state index is 0. The molecule has 0 spiro atoms. The Bertz CT molecular complexity index is 332. The molecule has 1 radical (unpaired) electrons. The van der Waals surface area contributed by atoms with Crippen molar-refractivity contribution in [3.63, 3.8) is 0 Å². The van der Waals surface area contributed by atoms with Crippen molar-refractivity contribution >= 4 is 57.4 Å². The Morgan fingerprint density at radius 3 is 2.53 bits per heavy atom. The van der Waals surface area contributed by atoms with Crippen LogP contribution in [-0.4, -0.2) is 74.7 Å². The normalized spacial score (nSPS) is 55.5. The van der Waals surface area contributed by atoms with Crippen molar-refractivity contribution in [2.24, 2.45) is 16.7 Å². The number of carboxylic acid groups (broad SMARTS) is 1. The van der Waals surface area contributed by atoms with Crippen LogP contribution in [0.2, 0.25) is 0 Å². The van der Waals surface area contributed by atoms with Gasteiger partial charge in [-0.15, -0.1) is 0 Å². The number of ether oxygens (including phenoxy) is 1. The summed E-state index contributed by atoms with van der Waals surface area (Å²) in [6.45, 7) is 4.96. The fourth-order valence-electron chi connectivity index (χ4n) is 4.23. The van der Waals surface area contributed by atoms with Gasteiger partial charge in [-0.25, -0.2) is 4.79 Å². The molecule has 15 heavy (non-hydrogen) atoms. The first-order valence-electron chi connectivity index (χ1n) is 5.34. The van der Waals surface area contributed by atoms with Gasteiger partial charge in [0.05, 0.1) is 6.61 Å². The predicted molar refractivity (Wildman–Crippen MR) is 55.6 cm³/mol. The fraction of sp³-hybridized carbons (Fsp3) is 0.909. The molecule has 0 aromatic heterocycles. The quantitative estimate of drug-likeness (QED) is 0.697. The molecule has 4 heteroatoms. The second kappa shape index (κ2) is 3.30. The SMILES string of the molecule is CC12COC3(C(=O)O)CC1CCC32C.[K]. The molecule has 1 heterocycles. The van der Waals surface area contributed by atoms with E-state index in [4.69, 9.17) is 4.74 Å². The summed E-state index contributed by atoms with van der Waals surface area (Å²) in [4.78, 5) is 11.4. The van der Waals surface area contributed by atoms with E-state index in [-0.39, 0.29) is 62.2 Å². The second-order valence-electron chi connectivity index (χ2n) is 5.61. The maximum atomic E-state index is 11.4. The Morgan fingerprint density at radius 2 is 2.13 bits per heavy atom. The van der Waals surface area contributed by atoms with E-state index < -0.39 is 11.6 Å². The molecule has 0 aromatic carbocycles. The minimum atomic E-state index is -0.856. The van der Waals surface area contributed by atoms with Gasteiger partial charge in [0.25, 0.3) is 0 Å². The van der Waals surface area contributed by atoms with Gasteiger partial charge in [-0.1, -0.05) is 13.8 Å². The van der Waals surface area contributed by atoms with E-state index >= 15 is 0 Å². The first-order valence-corrected chi connectivity index (χ1v) is 5.34. The molecule has 2 saturated carbocycles. The molecule has 3 aliphatic rings. The van der Waals surface area contributed by atoms with Crippen molar-refractivity contribution in [3.05, 3.63) is 0 Å². The molecule has 1 N–H and O–H groups in total. The molecule has 1 aliphatic heterocycles. The smallest absolute Gasteiger partial charge is 0.336 e. The fourth-order valence-corrected chi connectivity index (χ4v) is 4.23. The van der Waals surface area contributed by atoms with E-state index in [2.05, 4.69) is 13.8 Å². The number of carbonyl (C=O) groups is 1. The maximum Gasteiger partial charge on any atom is 0.336 e. The van der Waals surface area contributed by atoms with Crippen LogP contribution in [0.4, 0.5) is 0 Å². The maximum absolute atomic E-state index is 11.4. The van der Waals surface area contributed by atoms with Crippen molar-refractivity contribution in [2.75, 3.05) is 6.61 Å². The number of rotatable bonds is 1. The average Bonchev–Trinajstić information content (AvgIpc) is 2.58. The van der Waals surface area contributed by atoms with E-state index in [0.717, 1.165) is 12.8 Å². The van der Waals surface area contributed by atoms with Gasteiger partial charge in [0.15, 0.2) is 5.60 Å². The van der Waals surface area contributed by atoms with E-state index in [1.807, 2.05) is 0 Å². The van der Waals surface area contributed by atoms with Gasteiger partial charge in [-0.2, -0.15) is 0 Å². The third kappa shape index (κ3) is 1.07. The van der Waals surface area contributed by atoms with Crippen LogP contribution in [-0.2, 0) is 9.53 Å². The van der Waals surface area contributed by atoms with Gasteiger partial charge in [-0.3, -0.25) is 0 Å². The van der Waals surface area contributed by atoms with Crippen LogP contribution in [0.1, 0.15) is 33.1 Å². The number of hydrogen-bond acceptors (Lipinski definition) is 2. The summed E-state index contributed by atoms with van der Waals surface area (Å²) >= 11 is 0. The summed E-state index contributed by atoms with van der Waals surface area (Å²) in [5.41, 5.74) is -0.868. The standard InChI is InChI=1S/C11H16O3.K/c1-9-6-14-11(8(12)13)5-7(9)3-4-10(9,11)2;/h7H,3-6H2,1-2H3,(H,12,13);. The number of aliphatic carboxylic acids is 1. The molecule has 4 bridgehead atoms. The molecular formula is C11H16KO3. The Kier molecular flexibility index (Phi) is 2.75. The summed E-state index contributed by atoms with van der Waals surface area (Å²) < 4.78 is 5.64. The molecule has 3 fully saturated rings. The van der Waals surface area contributed by atoms with Crippen molar-refractivity contribution < 1.29 is 14.6 Å². The van der Waals surface area contributed by atoms with Gasteiger partial charge in [-0.05, 0) is 25.2 Å². The van der Waals surface area contributed by atoms with E-state index in [1.165, 1.54) is 6.42 Å². The third-order valence-electron chi connectivity index (χ3n) is 5.54. The van der Waals surface area contributed by atoms with Crippen molar-refractivity contribution in [2.45, 2.75) is 38.7 Å². The summed E-state index contributed by atoms with van der Waals surface area (Å²) in [6.07, 6.45) is 2.93. The monoisotopic (exact) mass is 235 g/mol. The van der Waals surface area contributed by atoms with Gasteiger partial charge < -0.3 is 9.84 Å². The third-order valence-corrected chi connectivity index (χ3v) is 5.54. The summed E-state index contributed by atoms with van der Waals surface area (Å²) in [5.74, 6) is -0.178. The molecule has 79 valence electrons. The summed E-state index contributed by atoms with van der Waals surface area (Å²) in [7, 11) is 0. The molecule has 3 nitrogen and oxygen atoms in total. The van der Waals surface area contributed by atoms with Gasteiger partial charge in [0.1, 0.15) is 0 Å². The Morgan fingerprint density at radius 1 is 1.47 bits per heavy atom. The Labute approximate surface area is 132 Å². The zero-order valence-electron chi connectivity index (χ0n) is 9.67. The van der Waals surface area contributed by atoms with Crippen molar-refractivity contribution in [1.29, 1.82) is 0 Å². The molecule has 3 rings (SSSR count). The van der Waals surface area contributed by atoms with Crippen LogP contribution in [0, 0.1) is 16.7 Å². The zero-order valence-corrected chi connectivity index (χ0v) is 12.8. The number of carboxylic acids is 1. The van der Waals surface area contributed by atoms with Gasteiger partial charge >= 0.3 is 5.97 Å². The van der Waals surface area contributed by atoms with E-state index in [1.54, 1.807) is 0 Å². The summed E-state index contributed by atoms with van der Waals surface area (Å²) in [6, 6.07) is 0. The molecule has 0 amide bonds. The molecular weight excluding hydrogens is 219 g/mol. The largest absolute Gasteiger partial charge is 0.479 e. The van der Waals surface area contributed by atoms with Crippen LogP contribution in [0.5, 0.6) is 0 Å². The van der Waals surface area contributed by atoms with Crippen LogP contribution >= 0.6 is 0 Å². The molecule has 4 unspecified atom stereocenters. The van der Waals surface area contributed by atoms with Gasteiger partial charge in [0, 0.05) is 62.2 Å². The predicted octanol–water partition coefficient (Wildman–Crippen LogP) is 1.29. The molecule has 1 saturated heterocycles. The topological polar surface area (TPSA) is 46.5 Å². The second-order valence-corrected chi connectivity index (χ2v) is 5.61. The number of hydrogen-bond donors (Lipinski definition) is 1. The Balaban J connectivity index is 0.000000853. The van der Waals surface area contributed by atoms with E-state index in [9.17, 15) is 9.90 Å². The van der Waals surface area contributed by atoms with Gasteiger partial charge in [0.2, 0.25) is 0 Å². The van der Waals surface area contributed by atoms with Crippen LogP contribution in [0.25, 0.3) is 0 Å². The zero-order chi connectivity index (χ0) is 10.2. The molecule has 0 aromatic rings. The Hall–Kier alpha value is 1.07. The first-order chi connectivity index (χ1) is 6.46. The summed E-state index contributed by atoms with van der Waals surface area (Å²) in [5, 5.41) is 9.37. The average molecular weight is 235 g/mol. The first kappa shape index (κ1) is 12.5. The minimum Gasteiger partial charge on any atom is -0.479 e. The molecule has 2 aliphatic carbocycles. The van der Waals surface area contributed by atoms with Crippen LogP contribution in [0.15, 0.2) is 0 Å². The van der Waals surface area contributed by atoms with Crippen molar-refractivity contribution in [1.82, 2.24) is 0 Å². The van der Waals surface area contributed by atoms with Crippen LogP contribution in [0.3, 0.4) is 0 Å².